The number of benzene rings is 2. The maximum Gasteiger partial charge on any atom is 0.343 e. The molecule has 2 aromatic heterocycles. The van der Waals surface area contributed by atoms with Crippen molar-refractivity contribution in [3.8, 4) is 11.5 Å². The van der Waals surface area contributed by atoms with Crippen LogP contribution < -0.4 is 11.3 Å². The second-order valence-corrected chi connectivity index (χ2v) is 6.61. The van der Waals surface area contributed by atoms with Crippen molar-refractivity contribution in [1.29, 1.82) is 0 Å². The van der Waals surface area contributed by atoms with E-state index >= 15 is 0 Å². The van der Waals surface area contributed by atoms with Crippen LogP contribution in [0.1, 0.15) is 22.3 Å². The SMILES string of the molecule is Cc1ccc2oc(=O)c(Cc3c(O)c4cc(C)ccc4oc3=O)c(O)c2c1. The molecule has 0 aliphatic carbocycles. The summed E-state index contributed by atoms with van der Waals surface area (Å²) in [6.45, 7) is 3.69. The number of rotatable bonds is 2. The predicted molar refractivity (Wildman–Crippen MR) is 101 cm³/mol. The molecule has 0 saturated heterocycles. The molecule has 0 amide bonds. The van der Waals surface area contributed by atoms with Gasteiger partial charge >= 0.3 is 11.3 Å². The lowest BCUT2D eigenvalue weighted by Crippen LogP contribution is -2.14. The number of hydrogen-bond acceptors (Lipinski definition) is 6. The van der Waals surface area contributed by atoms with Crippen LogP contribution in [0.15, 0.2) is 54.8 Å². The number of fused-ring (bicyclic) bond motifs is 2. The van der Waals surface area contributed by atoms with Crippen molar-refractivity contribution in [3.63, 3.8) is 0 Å². The van der Waals surface area contributed by atoms with Crippen molar-refractivity contribution >= 4 is 21.9 Å². The van der Waals surface area contributed by atoms with E-state index in [1.165, 1.54) is 0 Å². The summed E-state index contributed by atoms with van der Waals surface area (Å²) in [5.74, 6) is -0.541. The third-order valence-electron chi connectivity index (χ3n) is 4.60. The van der Waals surface area contributed by atoms with Gasteiger partial charge in [0, 0.05) is 6.42 Å². The van der Waals surface area contributed by atoms with Crippen LogP contribution in [0.2, 0.25) is 0 Å². The normalized spacial score (nSPS) is 11.3. The zero-order valence-electron chi connectivity index (χ0n) is 14.7. The van der Waals surface area contributed by atoms with Gasteiger partial charge in [0.15, 0.2) is 0 Å². The molecule has 2 heterocycles. The highest BCUT2D eigenvalue weighted by Gasteiger charge is 2.20. The summed E-state index contributed by atoms with van der Waals surface area (Å²) in [6.07, 6.45) is -0.309. The molecule has 0 bridgehead atoms. The fourth-order valence-corrected chi connectivity index (χ4v) is 3.17. The van der Waals surface area contributed by atoms with E-state index in [-0.39, 0.29) is 40.2 Å². The minimum atomic E-state index is -0.771. The van der Waals surface area contributed by atoms with Crippen molar-refractivity contribution in [2.45, 2.75) is 20.3 Å². The van der Waals surface area contributed by atoms with Crippen LogP contribution in [0.5, 0.6) is 11.5 Å². The van der Waals surface area contributed by atoms with E-state index in [4.69, 9.17) is 8.83 Å². The fraction of sp³-hybridized carbons (Fsp3) is 0.143. The lowest BCUT2D eigenvalue weighted by Gasteiger charge is -2.09. The third kappa shape index (κ3) is 2.75. The molecule has 27 heavy (non-hydrogen) atoms. The van der Waals surface area contributed by atoms with Gasteiger partial charge in [-0.2, -0.15) is 0 Å². The van der Waals surface area contributed by atoms with Crippen LogP contribution >= 0.6 is 0 Å². The zero-order chi connectivity index (χ0) is 19.3. The van der Waals surface area contributed by atoms with Gasteiger partial charge < -0.3 is 19.0 Å². The van der Waals surface area contributed by atoms with Gasteiger partial charge in [-0.1, -0.05) is 23.3 Å². The van der Waals surface area contributed by atoms with Crippen LogP contribution in [-0.4, -0.2) is 10.2 Å². The Kier molecular flexibility index (Phi) is 3.77. The smallest absolute Gasteiger partial charge is 0.343 e. The van der Waals surface area contributed by atoms with Crippen molar-refractivity contribution in [1.82, 2.24) is 0 Å². The van der Waals surface area contributed by atoms with Crippen molar-refractivity contribution in [2.75, 3.05) is 0 Å². The van der Waals surface area contributed by atoms with Gasteiger partial charge in [0.25, 0.3) is 0 Å². The van der Waals surface area contributed by atoms with Crippen molar-refractivity contribution < 1.29 is 19.0 Å². The molecule has 4 rings (SSSR count). The predicted octanol–water partition coefficient (Wildman–Crippen LogP) is 3.52. The van der Waals surface area contributed by atoms with E-state index in [1.807, 2.05) is 13.8 Å². The first-order valence-corrected chi connectivity index (χ1v) is 8.36. The maximum absolute atomic E-state index is 12.3. The Hall–Kier alpha value is -3.54. The summed E-state index contributed by atoms with van der Waals surface area (Å²) in [5.41, 5.74) is 0.487. The first-order chi connectivity index (χ1) is 12.8. The molecule has 4 aromatic rings. The first kappa shape index (κ1) is 16.9. The Bertz CT molecular complexity index is 1220. The first-order valence-electron chi connectivity index (χ1n) is 8.36. The Labute approximate surface area is 152 Å². The summed E-state index contributed by atoms with van der Waals surface area (Å²) in [7, 11) is 0. The lowest BCUT2D eigenvalue weighted by atomic mass is 10.0. The lowest BCUT2D eigenvalue weighted by molar-refractivity contribution is 0.448. The standard InChI is InChI=1S/C21H16O6/c1-10-3-5-16-12(7-10)18(22)14(20(24)26-16)9-15-19(23)13-8-11(2)4-6-17(13)27-21(15)25/h3-8,22-23H,9H2,1-2H3. The topological polar surface area (TPSA) is 101 Å². The molecule has 0 saturated carbocycles. The molecular weight excluding hydrogens is 348 g/mol. The Morgan fingerprint density at radius 2 is 1.15 bits per heavy atom. The van der Waals surface area contributed by atoms with E-state index in [2.05, 4.69) is 0 Å². The second kappa shape index (κ2) is 6.02. The molecule has 0 unspecified atom stereocenters. The number of aromatic hydroxyl groups is 2. The molecule has 6 nitrogen and oxygen atoms in total. The Morgan fingerprint density at radius 3 is 1.56 bits per heavy atom. The third-order valence-corrected chi connectivity index (χ3v) is 4.60. The van der Waals surface area contributed by atoms with Crippen molar-refractivity contribution in [2.24, 2.45) is 0 Å². The quantitative estimate of drug-likeness (QED) is 0.528. The van der Waals surface area contributed by atoms with Crippen LogP contribution in [0.25, 0.3) is 21.9 Å². The monoisotopic (exact) mass is 364 g/mol. The van der Waals surface area contributed by atoms with Gasteiger partial charge in [0.05, 0.1) is 21.9 Å². The highest BCUT2D eigenvalue weighted by atomic mass is 16.4. The average Bonchev–Trinajstić information content (AvgIpc) is 2.62. The molecule has 0 atom stereocenters. The van der Waals surface area contributed by atoms with E-state index in [9.17, 15) is 19.8 Å². The molecule has 0 aliphatic heterocycles. The summed E-state index contributed by atoms with van der Waals surface area (Å²) in [4.78, 5) is 24.7. The largest absolute Gasteiger partial charge is 0.507 e. The zero-order valence-corrected chi connectivity index (χ0v) is 14.7. The maximum atomic E-state index is 12.3. The van der Waals surface area contributed by atoms with E-state index < -0.39 is 11.3 Å². The molecule has 6 heteroatoms. The van der Waals surface area contributed by atoms with Crippen LogP contribution in [0.4, 0.5) is 0 Å². The van der Waals surface area contributed by atoms with E-state index in [0.29, 0.717) is 10.8 Å². The summed E-state index contributed by atoms with van der Waals surface area (Å²) in [5, 5.41) is 21.9. The van der Waals surface area contributed by atoms with E-state index in [0.717, 1.165) is 11.1 Å². The number of hydrogen-bond donors (Lipinski definition) is 2. The Morgan fingerprint density at radius 1 is 0.741 bits per heavy atom. The molecule has 0 aliphatic rings. The minimum absolute atomic E-state index is 0.109. The molecule has 0 radical (unpaired) electrons. The highest BCUT2D eigenvalue weighted by Crippen LogP contribution is 2.32. The van der Waals surface area contributed by atoms with Gasteiger partial charge in [0.2, 0.25) is 0 Å². The molecule has 136 valence electrons. The summed E-state index contributed by atoms with van der Waals surface area (Å²) < 4.78 is 10.5. The second-order valence-electron chi connectivity index (χ2n) is 6.61. The molecule has 2 N–H and O–H groups in total. The molecule has 0 fully saturated rings. The molecular formula is C21H16O6. The van der Waals surface area contributed by atoms with Gasteiger partial charge in [-0.15, -0.1) is 0 Å². The van der Waals surface area contributed by atoms with Gasteiger partial charge in [0.1, 0.15) is 22.7 Å². The summed E-state index contributed by atoms with van der Waals surface area (Å²) >= 11 is 0. The van der Waals surface area contributed by atoms with Gasteiger partial charge in [-0.3, -0.25) is 0 Å². The average molecular weight is 364 g/mol. The van der Waals surface area contributed by atoms with Crippen LogP contribution in [0.3, 0.4) is 0 Å². The van der Waals surface area contributed by atoms with E-state index in [1.54, 1.807) is 36.4 Å². The van der Waals surface area contributed by atoms with Gasteiger partial charge in [-0.05, 0) is 38.1 Å². The molecule has 0 spiro atoms. The highest BCUT2D eigenvalue weighted by molar-refractivity contribution is 5.86. The van der Waals surface area contributed by atoms with Gasteiger partial charge in [-0.25, -0.2) is 9.59 Å². The fourth-order valence-electron chi connectivity index (χ4n) is 3.17. The molecule has 2 aromatic carbocycles. The van der Waals surface area contributed by atoms with Crippen LogP contribution in [0, 0.1) is 13.8 Å². The summed E-state index contributed by atoms with van der Waals surface area (Å²) in [6, 6.07) is 10.1. The minimum Gasteiger partial charge on any atom is -0.507 e. The Balaban J connectivity index is 1.95. The number of aryl methyl sites for hydroxylation is 2. The van der Waals surface area contributed by atoms with Crippen molar-refractivity contribution in [3.05, 3.63) is 79.5 Å². The van der Waals surface area contributed by atoms with Crippen LogP contribution in [-0.2, 0) is 6.42 Å².